The van der Waals surface area contributed by atoms with Gasteiger partial charge in [0.1, 0.15) is 0 Å². The van der Waals surface area contributed by atoms with Gasteiger partial charge in [0.25, 0.3) is 5.91 Å². The van der Waals surface area contributed by atoms with Gasteiger partial charge in [-0.2, -0.15) is 13.2 Å². The maximum Gasteiger partial charge on any atom is 0.417 e. The Morgan fingerprint density at radius 1 is 1.18 bits per heavy atom. The minimum atomic E-state index is -4.78. The molecule has 1 spiro atoms. The number of hydrogen-bond acceptors (Lipinski definition) is 8. The molecule has 1 saturated heterocycles. The van der Waals surface area contributed by atoms with Crippen molar-refractivity contribution in [2.75, 3.05) is 25.0 Å². The molecule has 2 fully saturated rings. The number of aromatic nitrogens is 3. The van der Waals surface area contributed by atoms with Crippen LogP contribution in [0.2, 0.25) is 0 Å². The van der Waals surface area contributed by atoms with Crippen LogP contribution in [0.5, 0.6) is 0 Å². The van der Waals surface area contributed by atoms with Crippen LogP contribution in [0.25, 0.3) is 0 Å². The fraction of sp³-hybridized carbons (Fsp3) is 0.405. The van der Waals surface area contributed by atoms with Crippen LogP contribution in [0.4, 0.5) is 18.3 Å². The number of hydrogen-bond donors (Lipinski definition) is 4. The highest BCUT2D eigenvalue weighted by molar-refractivity contribution is 7.13. The highest BCUT2D eigenvalue weighted by Crippen LogP contribution is 2.52. The highest BCUT2D eigenvalue weighted by atomic mass is 32.1. The van der Waals surface area contributed by atoms with E-state index in [0.717, 1.165) is 81.7 Å². The van der Waals surface area contributed by atoms with Crippen LogP contribution in [0.3, 0.4) is 0 Å². The summed E-state index contributed by atoms with van der Waals surface area (Å²) in [4.78, 5) is 24.6. The Hall–Kier alpha value is -4.51. The minimum Gasteiger partial charge on any atom is -0.396 e. The third-order valence-electron chi connectivity index (χ3n) is 10.3. The first-order valence-corrected chi connectivity index (χ1v) is 17.7. The number of imidazole rings is 1. The number of amides is 1. The second-order valence-electron chi connectivity index (χ2n) is 13.5. The number of piperidine rings is 1. The van der Waals surface area contributed by atoms with Crippen molar-refractivity contribution in [2.45, 2.75) is 69.8 Å². The first kappa shape index (κ1) is 34.0. The van der Waals surface area contributed by atoms with E-state index in [9.17, 15) is 23.1 Å². The Labute approximate surface area is 292 Å². The number of anilines is 1. The summed E-state index contributed by atoms with van der Waals surface area (Å²) in [5.41, 5.74) is 1.82. The van der Waals surface area contributed by atoms with Gasteiger partial charge in [-0.05, 0) is 93.8 Å². The van der Waals surface area contributed by atoms with E-state index in [1.54, 1.807) is 24.8 Å². The molecule has 13 heteroatoms. The summed E-state index contributed by atoms with van der Waals surface area (Å²) in [6.45, 7) is 4.45. The zero-order valence-corrected chi connectivity index (χ0v) is 28.4. The maximum atomic E-state index is 14.6. The van der Waals surface area contributed by atoms with Gasteiger partial charge in [0.15, 0.2) is 11.2 Å². The number of carbonyl (C=O) groups is 1. The van der Waals surface area contributed by atoms with Crippen LogP contribution in [-0.4, -0.2) is 62.0 Å². The molecule has 0 bridgehead atoms. The molecule has 1 saturated carbocycles. The van der Waals surface area contributed by atoms with E-state index in [4.69, 9.17) is 5.41 Å². The number of halogens is 3. The van der Waals surface area contributed by atoms with Gasteiger partial charge in [-0.3, -0.25) is 20.4 Å². The standard InChI is InChI=1S/C37H38F3N7O2S/c1-23-27(7-6-24-2-4-25(5-3-24)20-46-15-9-26(21-48)10-16-46)18-29(37(38,39)40)28(31(23)41)19-43-33(34(49)45-35-42-14-17-50-35)32-30-8-11-36(12-13-36)47(30)22-44-32/h2-5,14,17-19,22,26,33,41,43,48H,8-13,15-16,20-21H2,1H3,(H,42,45,49)/b28-19-,41-31?. The number of benzene rings is 1. The van der Waals surface area contributed by atoms with Gasteiger partial charge in [-0.1, -0.05) is 24.0 Å². The molecule has 50 heavy (non-hydrogen) atoms. The number of nitrogens with one attached hydrogen (secondary N) is 3. The van der Waals surface area contributed by atoms with Gasteiger partial charge >= 0.3 is 6.18 Å². The summed E-state index contributed by atoms with van der Waals surface area (Å²) in [6.07, 6.45) is 6.25. The molecule has 1 amide bonds. The SMILES string of the molecule is CC1=C(C#Cc2ccc(CN3CCC(CO)CC3)cc2)C=C(C(F)(F)F)/C(=C/NC(C(=O)Nc2nccs2)c2ncn3c2CCC32CC2)C1=N. The van der Waals surface area contributed by atoms with Crippen molar-refractivity contribution in [3.8, 4) is 11.8 Å². The fourth-order valence-electron chi connectivity index (χ4n) is 7.04. The number of aliphatic hydroxyl groups is 1. The predicted molar refractivity (Wildman–Crippen MR) is 185 cm³/mol. The molecule has 0 radical (unpaired) electrons. The Kier molecular flexibility index (Phi) is 9.28. The average Bonchev–Trinajstić information content (AvgIpc) is 3.36. The topological polar surface area (TPSA) is 119 Å². The molecule has 2 aromatic heterocycles. The van der Waals surface area contributed by atoms with E-state index in [0.29, 0.717) is 27.9 Å². The Bertz CT molecular complexity index is 1940. The van der Waals surface area contributed by atoms with E-state index in [1.165, 1.54) is 11.3 Å². The molecule has 7 rings (SSSR count). The first-order chi connectivity index (χ1) is 24.0. The van der Waals surface area contributed by atoms with E-state index in [2.05, 4.69) is 41.9 Å². The van der Waals surface area contributed by atoms with Crippen LogP contribution in [0.15, 0.2) is 76.7 Å². The van der Waals surface area contributed by atoms with Crippen molar-refractivity contribution in [3.63, 3.8) is 0 Å². The Morgan fingerprint density at radius 3 is 2.60 bits per heavy atom. The van der Waals surface area contributed by atoms with Gasteiger partial charge in [-0.25, -0.2) is 9.97 Å². The Morgan fingerprint density at radius 2 is 1.94 bits per heavy atom. The lowest BCUT2D eigenvalue weighted by atomic mass is 9.87. The lowest BCUT2D eigenvalue weighted by Crippen LogP contribution is -2.34. The van der Waals surface area contributed by atoms with Crippen molar-refractivity contribution in [1.29, 1.82) is 5.41 Å². The quantitative estimate of drug-likeness (QED) is 0.213. The molecule has 1 aromatic carbocycles. The minimum absolute atomic E-state index is 0.0348. The predicted octanol–water partition coefficient (Wildman–Crippen LogP) is 6.02. The van der Waals surface area contributed by atoms with Crippen LogP contribution in [0, 0.1) is 23.2 Å². The first-order valence-electron chi connectivity index (χ1n) is 16.8. The lowest BCUT2D eigenvalue weighted by Gasteiger charge is -2.31. The Balaban J connectivity index is 1.12. The van der Waals surface area contributed by atoms with Crippen LogP contribution >= 0.6 is 11.3 Å². The third-order valence-corrected chi connectivity index (χ3v) is 10.9. The van der Waals surface area contributed by atoms with E-state index in [-0.39, 0.29) is 29.0 Å². The molecule has 1 unspecified atom stereocenters. The van der Waals surface area contributed by atoms with Crippen molar-refractivity contribution in [1.82, 2.24) is 24.8 Å². The summed E-state index contributed by atoms with van der Waals surface area (Å²) in [7, 11) is 0. The molecule has 4 aliphatic rings. The summed E-state index contributed by atoms with van der Waals surface area (Å²) in [6, 6.07) is 6.53. The van der Waals surface area contributed by atoms with Gasteiger partial charge in [0, 0.05) is 58.9 Å². The van der Waals surface area contributed by atoms with Crippen molar-refractivity contribution >= 4 is 28.1 Å². The van der Waals surface area contributed by atoms with Gasteiger partial charge in [0.05, 0.1) is 23.3 Å². The second-order valence-corrected chi connectivity index (χ2v) is 14.4. The molecule has 3 aromatic rings. The van der Waals surface area contributed by atoms with Crippen LogP contribution < -0.4 is 10.6 Å². The van der Waals surface area contributed by atoms with E-state index >= 15 is 0 Å². The summed E-state index contributed by atoms with van der Waals surface area (Å²) >= 11 is 1.23. The number of thiazole rings is 1. The summed E-state index contributed by atoms with van der Waals surface area (Å²) < 4.78 is 45.8. The molecule has 9 nitrogen and oxygen atoms in total. The number of likely N-dealkylation sites (tertiary alicyclic amines) is 1. The monoisotopic (exact) mass is 701 g/mol. The van der Waals surface area contributed by atoms with Crippen molar-refractivity contribution in [3.05, 3.63) is 99.3 Å². The van der Waals surface area contributed by atoms with Gasteiger partial charge in [-0.15, -0.1) is 11.3 Å². The zero-order valence-electron chi connectivity index (χ0n) is 27.6. The van der Waals surface area contributed by atoms with Gasteiger partial charge in [0.2, 0.25) is 0 Å². The number of nitrogens with zero attached hydrogens (tertiary/aromatic N) is 4. The molecular formula is C37H38F3N7O2S. The molecule has 2 aliphatic carbocycles. The normalized spacial score (nSPS) is 20.4. The van der Waals surface area contributed by atoms with Crippen molar-refractivity contribution in [2.24, 2.45) is 5.92 Å². The number of allylic oxidation sites excluding steroid dienone is 5. The number of fused-ring (bicyclic) bond motifs is 2. The summed E-state index contributed by atoms with van der Waals surface area (Å²) in [5, 5.41) is 25.9. The fourth-order valence-corrected chi connectivity index (χ4v) is 7.57. The zero-order chi connectivity index (χ0) is 35.0. The lowest BCUT2D eigenvalue weighted by molar-refractivity contribution is -0.118. The second kappa shape index (κ2) is 13.7. The molecule has 2 aliphatic heterocycles. The maximum absolute atomic E-state index is 14.6. The molecular weight excluding hydrogens is 664 g/mol. The van der Waals surface area contributed by atoms with E-state index < -0.39 is 23.7 Å². The van der Waals surface area contributed by atoms with Crippen molar-refractivity contribution < 1.29 is 23.1 Å². The number of aliphatic hydroxyl groups excluding tert-OH is 1. The molecule has 260 valence electrons. The largest absolute Gasteiger partial charge is 0.417 e. The molecule has 1 atom stereocenters. The van der Waals surface area contributed by atoms with E-state index in [1.807, 2.05) is 24.3 Å². The molecule has 4 N–H and O–H groups in total. The van der Waals surface area contributed by atoms with Crippen LogP contribution in [-0.2, 0) is 23.3 Å². The van der Waals surface area contributed by atoms with Gasteiger partial charge < -0.3 is 15.0 Å². The third kappa shape index (κ3) is 6.92. The van der Waals surface area contributed by atoms with Crippen LogP contribution in [0.1, 0.15) is 67.6 Å². The summed E-state index contributed by atoms with van der Waals surface area (Å²) in [5.74, 6) is 5.71. The molecule has 4 heterocycles. The number of rotatable bonds is 8. The number of alkyl halides is 3. The smallest absolute Gasteiger partial charge is 0.396 e. The average molecular weight is 702 g/mol. The number of carbonyl (C=O) groups excluding carboxylic acids is 1. The highest BCUT2D eigenvalue weighted by Gasteiger charge is 2.50.